The SMILES string of the molecule is Cc1ccc(S(=O)(=O)NCCC(=O)NC(C)Cn2ccnc2)c(C)c1. The first-order valence-electron chi connectivity index (χ1n) is 8.10. The normalized spacial score (nSPS) is 12.8. The van der Waals surface area contributed by atoms with Crippen LogP contribution in [0.5, 0.6) is 0 Å². The van der Waals surface area contributed by atoms with Gasteiger partial charge in [0, 0.05) is 37.9 Å². The van der Waals surface area contributed by atoms with E-state index >= 15 is 0 Å². The number of carbonyl (C=O) groups is 1. The van der Waals surface area contributed by atoms with Crippen molar-refractivity contribution in [3.05, 3.63) is 48.0 Å². The van der Waals surface area contributed by atoms with Gasteiger partial charge in [0.15, 0.2) is 0 Å². The third kappa shape index (κ3) is 5.68. The van der Waals surface area contributed by atoms with Crippen LogP contribution in [-0.4, -0.2) is 36.5 Å². The van der Waals surface area contributed by atoms with Gasteiger partial charge in [-0.15, -0.1) is 0 Å². The monoisotopic (exact) mass is 364 g/mol. The molecule has 2 aromatic rings. The molecule has 7 nitrogen and oxygen atoms in total. The van der Waals surface area contributed by atoms with Crippen LogP contribution in [0.2, 0.25) is 0 Å². The Balaban J connectivity index is 1.81. The molecule has 0 fully saturated rings. The van der Waals surface area contributed by atoms with Crippen molar-refractivity contribution < 1.29 is 13.2 Å². The number of hydrogen-bond acceptors (Lipinski definition) is 4. The number of nitrogens with zero attached hydrogens (tertiary/aromatic N) is 2. The van der Waals surface area contributed by atoms with Crippen LogP contribution in [0.25, 0.3) is 0 Å². The molecular formula is C17H24N4O3S. The number of rotatable bonds is 8. The summed E-state index contributed by atoms with van der Waals surface area (Å²) in [5.41, 5.74) is 1.69. The highest BCUT2D eigenvalue weighted by atomic mass is 32.2. The molecule has 0 aliphatic carbocycles. The topological polar surface area (TPSA) is 93.1 Å². The first-order chi connectivity index (χ1) is 11.8. The lowest BCUT2D eigenvalue weighted by Crippen LogP contribution is -2.37. The van der Waals surface area contributed by atoms with Gasteiger partial charge in [-0.05, 0) is 32.4 Å². The molecule has 8 heteroatoms. The molecule has 1 heterocycles. The van der Waals surface area contributed by atoms with Crippen molar-refractivity contribution in [2.24, 2.45) is 0 Å². The highest BCUT2D eigenvalue weighted by Gasteiger charge is 2.17. The summed E-state index contributed by atoms with van der Waals surface area (Å²) in [5.74, 6) is -0.198. The third-order valence-electron chi connectivity index (χ3n) is 3.72. The maximum atomic E-state index is 12.3. The van der Waals surface area contributed by atoms with E-state index in [2.05, 4.69) is 15.0 Å². The molecule has 1 amide bonds. The Bertz CT molecular complexity index is 816. The number of aromatic nitrogens is 2. The van der Waals surface area contributed by atoms with Crippen molar-refractivity contribution >= 4 is 15.9 Å². The van der Waals surface area contributed by atoms with Crippen molar-refractivity contribution in [2.75, 3.05) is 6.54 Å². The van der Waals surface area contributed by atoms with Crippen molar-refractivity contribution in [1.82, 2.24) is 19.6 Å². The average Bonchev–Trinajstić information content (AvgIpc) is 2.99. The number of carbonyl (C=O) groups excluding carboxylic acids is 1. The van der Waals surface area contributed by atoms with Crippen LogP contribution in [-0.2, 0) is 21.4 Å². The predicted octanol–water partition coefficient (Wildman–Crippen LogP) is 1.37. The second-order valence-electron chi connectivity index (χ2n) is 6.14. The zero-order valence-corrected chi connectivity index (χ0v) is 15.5. The molecule has 2 N–H and O–H groups in total. The summed E-state index contributed by atoms with van der Waals surface area (Å²) < 4.78 is 29.0. The van der Waals surface area contributed by atoms with Crippen molar-refractivity contribution in [2.45, 2.75) is 44.7 Å². The smallest absolute Gasteiger partial charge is 0.240 e. The van der Waals surface area contributed by atoms with E-state index in [-0.39, 0.29) is 29.8 Å². The maximum Gasteiger partial charge on any atom is 0.240 e. The third-order valence-corrected chi connectivity index (χ3v) is 5.34. The van der Waals surface area contributed by atoms with Crippen molar-refractivity contribution in [3.8, 4) is 0 Å². The predicted molar refractivity (Wildman–Crippen MR) is 95.6 cm³/mol. The number of sulfonamides is 1. The molecule has 1 aromatic heterocycles. The summed E-state index contributed by atoms with van der Waals surface area (Å²) in [6.45, 7) is 6.22. The number of nitrogens with one attached hydrogen (secondary N) is 2. The molecule has 0 spiro atoms. The molecule has 1 aromatic carbocycles. The molecule has 2 rings (SSSR count). The van der Waals surface area contributed by atoms with E-state index in [1.165, 1.54) is 0 Å². The molecule has 136 valence electrons. The van der Waals surface area contributed by atoms with Gasteiger partial charge in [0.2, 0.25) is 15.9 Å². The summed E-state index contributed by atoms with van der Waals surface area (Å²) in [5, 5.41) is 2.84. The van der Waals surface area contributed by atoms with Crippen LogP contribution < -0.4 is 10.0 Å². The lowest BCUT2D eigenvalue weighted by Gasteiger charge is -2.15. The molecule has 0 aliphatic rings. The quantitative estimate of drug-likeness (QED) is 0.740. The molecule has 1 unspecified atom stereocenters. The van der Waals surface area contributed by atoms with Crippen LogP contribution in [0, 0.1) is 13.8 Å². The molecule has 0 saturated carbocycles. The highest BCUT2D eigenvalue weighted by molar-refractivity contribution is 7.89. The van der Waals surface area contributed by atoms with E-state index < -0.39 is 10.0 Å². The molecule has 1 atom stereocenters. The highest BCUT2D eigenvalue weighted by Crippen LogP contribution is 2.16. The fourth-order valence-corrected chi connectivity index (χ4v) is 3.84. The Morgan fingerprint density at radius 2 is 2.08 bits per heavy atom. The van der Waals surface area contributed by atoms with Gasteiger partial charge < -0.3 is 9.88 Å². The Hall–Kier alpha value is -2.19. The van der Waals surface area contributed by atoms with E-state index in [1.807, 2.05) is 30.7 Å². The van der Waals surface area contributed by atoms with Crippen LogP contribution >= 0.6 is 0 Å². The second-order valence-corrected chi connectivity index (χ2v) is 7.88. The minimum atomic E-state index is -3.62. The van der Waals surface area contributed by atoms with E-state index in [1.54, 1.807) is 31.6 Å². The lowest BCUT2D eigenvalue weighted by atomic mass is 10.2. The average molecular weight is 364 g/mol. The zero-order chi connectivity index (χ0) is 18.4. The molecule has 0 aliphatic heterocycles. The van der Waals surface area contributed by atoms with Crippen molar-refractivity contribution in [1.29, 1.82) is 0 Å². The summed E-state index contributed by atoms with van der Waals surface area (Å²) in [6, 6.07) is 5.09. The van der Waals surface area contributed by atoms with Gasteiger partial charge in [-0.3, -0.25) is 4.79 Å². The molecule has 0 radical (unpaired) electrons. The summed E-state index contributed by atoms with van der Waals surface area (Å²) >= 11 is 0. The molecular weight excluding hydrogens is 340 g/mol. The largest absolute Gasteiger partial charge is 0.352 e. The first kappa shape index (κ1) is 19.1. The van der Waals surface area contributed by atoms with Crippen LogP contribution in [0.3, 0.4) is 0 Å². The number of aryl methyl sites for hydroxylation is 2. The van der Waals surface area contributed by atoms with Gasteiger partial charge in [-0.2, -0.15) is 0 Å². The zero-order valence-electron chi connectivity index (χ0n) is 14.7. The van der Waals surface area contributed by atoms with Gasteiger partial charge in [0.1, 0.15) is 0 Å². The first-order valence-corrected chi connectivity index (χ1v) is 9.58. The number of amides is 1. The minimum absolute atomic E-state index is 0.0548. The molecule has 0 bridgehead atoms. The van der Waals surface area contributed by atoms with Gasteiger partial charge in [-0.25, -0.2) is 18.1 Å². The van der Waals surface area contributed by atoms with Gasteiger partial charge >= 0.3 is 0 Å². The molecule has 25 heavy (non-hydrogen) atoms. The minimum Gasteiger partial charge on any atom is -0.352 e. The van der Waals surface area contributed by atoms with E-state index in [9.17, 15) is 13.2 Å². The fourth-order valence-electron chi connectivity index (χ4n) is 2.58. The standard InChI is InChI=1S/C17H24N4O3S/c1-13-4-5-16(14(2)10-13)25(23,24)19-7-6-17(22)20-15(3)11-21-9-8-18-12-21/h4-5,8-10,12,15,19H,6-7,11H2,1-3H3,(H,20,22). The van der Waals surface area contributed by atoms with E-state index in [4.69, 9.17) is 0 Å². The fraction of sp³-hybridized carbons (Fsp3) is 0.412. The second kappa shape index (κ2) is 8.26. The van der Waals surface area contributed by atoms with Gasteiger partial charge in [0.05, 0.1) is 11.2 Å². The maximum absolute atomic E-state index is 12.3. The Morgan fingerprint density at radius 1 is 1.32 bits per heavy atom. The van der Waals surface area contributed by atoms with E-state index in [0.717, 1.165) is 5.56 Å². The van der Waals surface area contributed by atoms with Gasteiger partial charge in [0.25, 0.3) is 0 Å². The van der Waals surface area contributed by atoms with Crippen LogP contribution in [0.15, 0.2) is 41.8 Å². The molecule has 0 saturated heterocycles. The lowest BCUT2D eigenvalue weighted by molar-refractivity contribution is -0.121. The number of imidazole rings is 1. The summed E-state index contributed by atoms with van der Waals surface area (Å²) in [4.78, 5) is 16.1. The number of benzene rings is 1. The number of hydrogen-bond donors (Lipinski definition) is 2. The summed E-state index contributed by atoms with van der Waals surface area (Å²) in [6.07, 6.45) is 5.26. The van der Waals surface area contributed by atoms with Crippen LogP contribution in [0.1, 0.15) is 24.5 Å². The van der Waals surface area contributed by atoms with E-state index in [0.29, 0.717) is 12.1 Å². The van der Waals surface area contributed by atoms with Gasteiger partial charge in [-0.1, -0.05) is 17.7 Å². The van der Waals surface area contributed by atoms with Crippen LogP contribution in [0.4, 0.5) is 0 Å². The van der Waals surface area contributed by atoms with Crippen molar-refractivity contribution in [3.63, 3.8) is 0 Å². The summed E-state index contributed by atoms with van der Waals surface area (Å²) in [7, 11) is -3.62. The Morgan fingerprint density at radius 3 is 2.72 bits per heavy atom. The Kier molecular flexibility index (Phi) is 6.33. The Labute approximate surface area is 148 Å².